The zero-order chi connectivity index (χ0) is 10.7. The van der Waals surface area contributed by atoms with Gasteiger partial charge >= 0.3 is 0 Å². The third-order valence-electron chi connectivity index (χ3n) is 3.94. The van der Waals surface area contributed by atoms with E-state index in [1.807, 2.05) is 0 Å². The highest BCUT2D eigenvalue weighted by atomic mass is 16.5. The van der Waals surface area contributed by atoms with Crippen LogP contribution in [-0.4, -0.2) is 42.8 Å². The Hall–Kier alpha value is -0.120. The van der Waals surface area contributed by atoms with Gasteiger partial charge < -0.3 is 10.5 Å². The van der Waals surface area contributed by atoms with E-state index in [-0.39, 0.29) is 5.54 Å². The van der Waals surface area contributed by atoms with Crippen LogP contribution in [0.3, 0.4) is 0 Å². The van der Waals surface area contributed by atoms with E-state index in [1.54, 1.807) is 0 Å². The zero-order valence-corrected chi connectivity index (χ0v) is 9.87. The first kappa shape index (κ1) is 11.4. The number of morpholine rings is 1. The van der Waals surface area contributed by atoms with Crippen LogP contribution in [0.2, 0.25) is 0 Å². The zero-order valence-electron chi connectivity index (χ0n) is 9.87. The Kier molecular flexibility index (Phi) is 3.65. The van der Waals surface area contributed by atoms with Crippen molar-refractivity contribution >= 4 is 0 Å². The first-order chi connectivity index (χ1) is 7.23. The minimum absolute atomic E-state index is 0.102. The highest BCUT2D eigenvalue weighted by Gasteiger charge is 2.34. The predicted octanol–water partition coefficient (Wildman–Crippen LogP) is 1.37. The summed E-state index contributed by atoms with van der Waals surface area (Å²) in [6.07, 6.45) is 6.23. The minimum Gasteiger partial charge on any atom is -0.378 e. The monoisotopic (exact) mass is 212 g/mol. The van der Waals surface area contributed by atoms with Gasteiger partial charge in [0.2, 0.25) is 0 Å². The fraction of sp³-hybridized carbons (Fsp3) is 1.00. The maximum atomic E-state index is 6.42. The van der Waals surface area contributed by atoms with Gasteiger partial charge in [-0.15, -0.1) is 0 Å². The Morgan fingerprint density at radius 1 is 1.40 bits per heavy atom. The summed E-state index contributed by atoms with van der Waals surface area (Å²) in [5.41, 5.74) is 6.53. The fourth-order valence-electron chi connectivity index (χ4n) is 2.92. The highest BCUT2D eigenvalue weighted by molar-refractivity contribution is 4.93. The van der Waals surface area contributed by atoms with Crippen LogP contribution in [0, 0.1) is 0 Å². The molecule has 0 radical (unpaired) electrons. The van der Waals surface area contributed by atoms with Gasteiger partial charge in [0.25, 0.3) is 0 Å². The standard InChI is InChI=1S/C12H24N2O/c1-2-11-9-15-8-7-14(11)10-12(13)5-3-4-6-12/h11H,2-10,13H2,1H3. The Bertz CT molecular complexity index is 202. The van der Waals surface area contributed by atoms with Crippen LogP contribution in [0.25, 0.3) is 0 Å². The number of hydrogen-bond donors (Lipinski definition) is 1. The highest BCUT2D eigenvalue weighted by Crippen LogP contribution is 2.29. The SMILES string of the molecule is CCC1COCCN1CC1(N)CCCC1. The summed E-state index contributed by atoms with van der Waals surface area (Å²) in [6, 6.07) is 0.597. The lowest BCUT2D eigenvalue weighted by molar-refractivity contribution is -0.0177. The van der Waals surface area contributed by atoms with Crippen LogP contribution in [0.1, 0.15) is 39.0 Å². The summed E-state index contributed by atoms with van der Waals surface area (Å²) in [5, 5.41) is 0. The van der Waals surface area contributed by atoms with Gasteiger partial charge in [0, 0.05) is 24.7 Å². The third kappa shape index (κ3) is 2.71. The number of nitrogens with zero attached hydrogens (tertiary/aromatic N) is 1. The number of ether oxygens (including phenoxy) is 1. The lowest BCUT2D eigenvalue weighted by Crippen LogP contribution is -2.55. The lowest BCUT2D eigenvalue weighted by Gasteiger charge is -2.40. The molecule has 1 aliphatic carbocycles. The van der Waals surface area contributed by atoms with Gasteiger partial charge in [-0.25, -0.2) is 0 Å². The molecule has 2 rings (SSSR count). The molecule has 1 saturated carbocycles. The molecule has 0 aromatic carbocycles. The Morgan fingerprint density at radius 3 is 2.80 bits per heavy atom. The summed E-state index contributed by atoms with van der Waals surface area (Å²) in [7, 11) is 0. The quantitative estimate of drug-likeness (QED) is 0.768. The molecule has 88 valence electrons. The molecule has 0 aromatic rings. The van der Waals surface area contributed by atoms with E-state index in [0.717, 1.165) is 26.3 Å². The first-order valence-corrected chi connectivity index (χ1v) is 6.34. The molecule has 0 spiro atoms. The van der Waals surface area contributed by atoms with Gasteiger partial charge in [-0.3, -0.25) is 4.90 Å². The van der Waals surface area contributed by atoms with Crippen molar-refractivity contribution in [1.29, 1.82) is 0 Å². The largest absolute Gasteiger partial charge is 0.378 e. The summed E-state index contributed by atoms with van der Waals surface area (Å²) < 4.78 is 5.52. The van der Waals surface area contributed by atoms with Crippen LogP contribution < -0.4 is 5.73 Å². The van der Waals surface area contributed by atoms with E-state index in [4.69, 9.17) is 10.5 Å². The Labute approximate surface area is 93.0 Å². The molecule has 1 aliphatic heterocycles. The van der Waals surface area contributed by atoms with Crippen molar-refractivity contribution in [3.63, 3.8) is 0 Å². The van der Waals surface area contributed by atoms with Crippen molar-refractivity contribution in [1.82, 2.24) is 4.90 Å². The molecule has 1 unspecified atom stereocenters. The van der Waals surface area contributed by atoms with E-state index in [9.17, 15) is 0 Å². The molecule has 0 aromatic heterocycles. The average Bonchev–Trinajstić information content (AvgIpc) is 2.66. The van der Waals surface area contributed by atoms with Crippen LogP contribution in [0.5, 0.6) is 0 Å². The maximum absolute atomic E-state index is 6.42. The second-order valence-electron chi connectivity index (χ2n) is 5.18. The van der Waals surface area contributed by atoms with Gasteiger partial charge in [-0.05, 0) is 19.3 Å². The van der Waals surface area contributed by atoms with Crippen molar-refractivity contribution in [2.45, 2.75) is 50.6 Å². The Balaban J connectivity index is 1.90. The predicted molar refractivity (Wildman–Crippen MR) is 61.9 cm³/mol. The smallest absolute Gasteiger partial charge is 0.0622 e. The molecular formula is C12H24N2O. The molecule has 1 atom stereocenters. The lowest BCUT2D eigenvalue weighted by atomic mass is 9.97. The number of hydrogen-bond acceptors (Lipinski definition) is 3. The van der Waals surface area contributed by atoms with Gasteiger partial charge in [0.05, 0.1) is 13.2 Å². The summed E-state index contributed by atoms with van der Waals surface area (Å²) in [6.45, 7) is 6.16. The second kappa shape index (κ2) is 4.81. The van der Waals surface area contributed by atoms with Crippen LogP contribution >= 0.6 is 0 Å². The molecule has 1 saturated heterocycles. The van der Waals surface area contributed by atoms with Gasteiger partial charge in [-0.1, -0.05) is 19.8 Å². The average molecular weight is 212 g/mol. The van der Waals surface area contributed by atoms with Crippen LogP contribution in [-0.2, 0) is 4.74 Å². The molecule has 2 aliphatic rings. The summed E-state index contributed by atoms with van der Waals surface area (Å²) in [4.78, 5) is 2.55. The molecule has 15 heavy (non-hydrogen) atoms. The maximum Gasteiger partial charge on any atom is 0.0622 e. The van der Waals surface area contributed by atoms with E-state index >= 15 is 0 Å². The molecule has 0 bridgehead atoms. The van der Waals surface area contributed by atoms with Crippen molar-refractivity contribution in [2.75, 3.05) is 26.3 Å². The van der Waals surface area contributed by atoms with E-state index < -0.39 is 0 Å². The summed E-state index contributed by atoms with van der Waals surface area (Å²) >= 11 is 0. The summed E-state index contributed by atoms with van der Waals surface area (Å²) in [5.74, 6) is 0. The molecule has 2 fully saturated rings. The normalized spacial score (nSPS) is 32.0. The topological polar surface area (TPSA) is 38.5 Å². The van der Waals surface area contributed by atoms with Crippen LogP contribution in [0.15, 0.2) is 0 Å². The second-order valence-corrected chi connectivity index (χ2v) is 5.18. The molecule has 0 amide bonds. The van der Waals surface area contributed by atoms with Crippen molar-refractivity contribution < 1.29 is 4.74 Å². The number of nitrogens with two attached hydrogens (primary N) is 1. The minimum atomic E-state index is 0.102. The van der Waals surface area contributed by atoms with Crippen molar-refractivity contribution in [3.05, 3.63) is 0 Å². The first-order valence-electron chi connectivity index (χ1n) is 6.34. The number of rotatable bonds is 3. The Morgan fingerprint density at radius 2 is 2.13 bits per heavy atom. The molecular weight excluding hydrogens is 188 g/mol. The van der Waals surface area contributed by atoms with Gasteiger partial charge in [-0.2, -0.15) is 0 Å². The van der Waals surface area contributed by atoms with E-state index in [2.05, 4.69) is 11.8 Å². The van der Waals surface area contributed by atoms with Crippen molar-refractivity contribution in [2.24, 2.45) is 5.73 Å². The molecule has 3 heteroatoms. The molecule has 3 nitrogen and oxygen atoms in total. The van der Waals surface area contributed by atoms with Gasteiger partial charge in [0.1, 0.15) is 0 Å². The third-order valence-corrected chi connectivity index (χ3v) is 3.94. The fourth-order valence-corrected chi connectivity index (χ4v) is 2.92. The van der Waals surface area contributed by atoms with E-state index in [0.29, 0.717) is 6.04 Å². The molecule has 1 heterocycles. The van der Waals surface area contributed by atoms with Crippen LogP contribution in [0.4, 0.5) is 0 Å². The van der Waals surface area contributed by atoms with Crippen molar-refractivity contribution in [3.8, 4) is 0 Å². The van der Waals surface area contributed by atoms with Gasteiger partial charge in [0.15, 0.2) is 0 Å². The van der Waals surface area contributed by atoms with E-state index in [1.165, 1.54) is 32.1 Å². The molecule has 2 N–H and O–H groups in total.